The average Bonchev–Trinajstić information content (AvgIpc) is 3.02. The molecule has 134 valence electrons. The van der Waals surface area contributed by atoms with E-state index in [1.165, 1.54) is 12.1 Å². The Balaban J connectivity index is 1.84. The van der Waals surface area contributed by atoms with Crippen LogP contribution in [0.4, 0.5) is 14.5 Å². The predicted molar refractivity (Wildman–Crippen MR) is 95.5 cm³/mol. The van der Waals surface area contributed by atoms with Crippen LogP contribution in [-0.2, 0) is 0 Å². The first-order valence-corrected chi connectivity index (χ1v) is 8.58. The number of guanidine groups is 1. The van der Waals surface area contributed by atoms with Gasteiger partial charge in [-0.2, -0.15) is 0 Å². The van der Waals surface area contributed by atoms with Crippen molar-refractivity contribution >= 4 is 11.6 Å². The zero-order valence-corrected chi connectivity index (χ0v) is 14.9. The molecule has 2 unspecified atom stereocenters. The van der Waals surface area contributed by atoms with Crippen LogP contribution in [0.25, 0.3) is 0 Å². The summed E-state index contributed by atoms with van der Waals surface area (Å²) in [6.07, 6.45) is 1.02. The van der Waals surface area contributed by atoms with Gasteiger partial charge in [-0.3, -0.25) is 4.99 Å². The number of anilines is 1. The molecule has 0 spiro atoms. The molecular formula is C18H28F2N4. The summed E-state index contributed by atoms with van der Waals surface area (Å²) < 4.78 is 26.4. The minimum absolute atomic E-state index is 0.346. The number of hydrogen-bond donors (Lipinski definition) is 2. The largest absolute Gasteiger partial charge is 0.371 e. The molecule has 0 radical (unpaired) electrons. The molecule has 1 heterocycles. The van der Waals surface area contributed by atoms with Crippen LogP contribution in [0.5, 0.6) is 0 Å². The van der Waals surface area contributed by atoms with E-state index in [9.17, 15) is 8.78 Å². The normalized spacial score (nSPS) is 19.7. The molecule has 1 aliphatic heterocycles. The second-order valence-corrected chi connectivity index (χ2v) is 6.83. The van der Waals surface area contributed by atoms with Gasteiger partial charge < -0.3 is 15.5 Å². The molecule has 2 atom stereocenters. The topological polar surface area (TPSA) is 39.7 Å². The van der Waals surface area contributed by atoms with E-state index in [2.05, 4.69) is 41.3 Å². The van der Waals surface area contributed by atoms with E-state index in [1.807, 2.05) is 0 Å². The fourth-order valence-electron chi connectivity index (χ4n) is 2.73. The second-order valence-electron chi connectivity index (χ2n) is 6.83. The van der Waals surface area contributed by atoms with Crippen LogP contribution in [0, 0.1) is 23.5 Å². The lowest BCUT2D eigenvalue weighted by molar-refractivity contribution is 0.476. The van der Waals surface area contributed by atoms with Gasteiger partial charge in [0.2, 0.25) is 0 Å². The van der Waals surface area contributed by atoms with Crippen molar-refractivity contribution in [3.63, 3.8) is 0 Å². The van der Waals surface area contributed by atoms with Crippen molar-refractivity contribution in [1.82, 2.24) is 10.6 Å². The fourth-order valence-corrected chi connectivity index (χ4v) is 2.73. The number of hydrogen-bond acceptors (Lipinski definition) is 2. The lowest BCUT2D eigenvalue weighted by atomic mass is 10.1. The number of nitrogens with zero attached hydrogens (tertiary/aromatic N) is 2. The van der Waals surface area contributed by atoms with Crippen LogP contribution in [0.3, 0.4) is 0 Å². The third-order valence-electron chi connectivity index (χ3n) is 4.70. The predicted octanol–water partition coefficient (Wildman–Crippen LogP) is 3.00. The summed E-state index contributed by atoms with van der Waals surface area (Å²) in [5.74, 6) is 0.194. The summed E-state index contributed by atoms with van der Waals surface area (Å²) >= 11 is 0. The molecule has 2 N–H and O–H groups in total. The Morgan fingerprint density at radius 2 is 2.04 bits per heavy atom. The summed E-state index contributed by atoms with van der Waals surface area (Å²) in [7, 11) is 1.77. The quantitative estimate of drug-likeness (QED) is 0.640. The summed E-state index contributed by atoms with van der Waals surface area (Å²) in [6, 6.07) is 4.45. The van der Waals surface area contributed by atoms with Gasteiger partial charge in [-0.1, -0.05) is 13.8 Å². The smallest absolute Gasteiger partial charge is 0.191 e. The van der Waals surface area contributed by atoms with Crippen LogP contribution >= 0.6 is 0 Å². The van der Waals surface area contributed by atoms with Gasteiger partial charge in [0.05, 0.1) is 0 Å². The maximum atomic E-state index is 13.4. The number of rotatable bonds is 5. The van der Waals surface area contributed by atoms with Crippen molar-refractivity contribution in [2.24, 2.45) is 16.8 Å². The summed E-state index contributed by atoms with van der Waals surface area (Å²) in [6.45, 7) is 8.96. The van der Waals surface area contributed by atoms with E-state index in [1.54, 1.807) is 13.1 Å². The van der Waals surface area contributed by atoms with E-state index in [0.29, 0.717) is 17.9 Å². The Morgan fingerprint density at radius 3 is 2.67 bits per heavy atom. The van der Waals surface area contributed by atoms with E-state index in [4.69, 9.17) is 0 Å². The highest BCUT2D eigenvalue weighted by atomic mass is 19.2. The van der Waals surface area contributed by atoms with Gasteiger partial charge in [0.1, 0.15) is 0 Å². The maximum Gasteiger partial charge on any atom is 0.191 e. The Bertz CT molecular complexity index is 574. The molecular weight excluding hydrogens is 310 g/mol. The number of halogens is 2. The van der Waals surface area contributed by atoms with Gasteiger partial charge in [0.15, 0.2) is 17.6 Å². The number of aliphatic imine (C=N–C) groups is 1. The van der Waals surface area contributed by atoms with Crippen molar-refractivity contribution in [1.29, 1.82) is 0 Å². The average molecular weight is 338 g/mol. The second kappa shape index (κ2) is 8.31. The molecule has 1 fully saturated rings. The van der Waals surface area contributed by atoms with Crippen LogP contribution in [0.15, 0.2) is 23.2 Å². The minimum Gasteiger partial charge on any atom is -0.371 e. The Kier molecular flexibility index (Phi) is 6.40. The Hall–Kier alpha value is -1.85. The van der Waals surface area contributed by atoms with Gasteiger partial charge in [0.25, 0.3) is 0 Å². The summed E-state index contributed by atoms with van der Waals surface area (Å²) in [4.78, 5) is 6.36. The van der Waals surface area contributed by atoms with Gasteiger partial charge >= 0.3 is 0 Å². The first-order valence-electron chi connectivity index (χ1n) is 8.58. The monoisotopic (exact) mass is 338 g/mol. The maximum absolute atomic E-state index is 13.4. The lowest BCUT2D eigenvalue weighted by Crippen LogP contribution is -2.45. The van der Waals surface area contributed by atoms with Crippen molar-refractivity contribution in [2.75, 3.05) is 31.6 Å². The van der Waals surface area contributed by atoms with Crippen LogP contribution in [0.2, 0.25) is 0 Å². The summed E-state index contributed by atoms with van der Waals surface area (Å²) in [5, 5.41) is 6.75. The molecule has 4 nitrogen and oxygen atoms in total. The molecule has 24 heavy (non-hydrogen) atoms. The molecule has 1 aliphatic rings. The van der Waals surface area contributed by atoms with Crippen LogP contribution in [0.1, 0.15) is 27.2 Å². The molecule has 1 aromatic carbocycles. The van der Waals surface area contributed by atoms with E-state index < -0.39 is 11.6 Å². The van der Waals surface area contributed by atoms with Crippen molar-refractivity contribution in [3.8, 4) is 0 Å². The standard InChI is InChI=1S/C18H28F2N4/c1-12(2)13(3)23-18(21-4)22-10-14-7-8-24(11-14)15-5-6-16(19)17(20)9-15/h5-6,9,12-14H,7-8,10-11H2,1-4H3,(H2,21,22,23). The molecule has 0 aliphatic carbocycles. The Morgan fingerprint density at radius 1 is 1.29 bits per heavy atom. The lowest BCUT2D eigenvalue weighted by Gasteiger charge is -2.22. The first-order chi connectivity index (χ1) is 11.4. The van der Waals surface area contributed by atoms with Gasteiger partial charge in [0, 0.05) is 44.5 Å². The van der Waals surface area contributed by atoms with E-state index in [-0.39, 0.29) is 0 Å². The third-order valence-corrected chi connectivity index (χ3v) is 4.70. The molecule has 6 heteroatoms. The molecule has 0 saturated carbocycles. The van der Waals surface area contributed by atoms with Crippen molar-refractivity contribution in [3.05, 3.63) is 29.8 Å². The molecule has 0 aromatic heterocycles. The molecule has 1 aromatic rings. The first kappa shape index (κ1) is 18.5. The number of benzene rings is 1. The highest BCUT2D eigenvalue weighted by molar-refractivity contribution is 5.79. The SMILES string of the molecule is CN=C(NCC1CCN(c2ccc(F)c(F)c2)C1)NC(C)C(C)C. The molecule has 0 amide bonds. The zero-order valence-electron chi connectivity index (χ0n) is 14.9. The Labute approximate surface area is 143 Å². The number of nitrogens with one attached hydrogen (secondary N) is 2. The van der Waals surface area contributed by atoms with Crippen molar-refractivity contribution < 1.29 is 8.78 Å². The van der Waals surface area contributed by atoms with Gasteiger partial charge in [-0.25, -0.2) is 8.78 Å². The summed E-state index contributed by atoms with van der Waals surface area (Å²) in [5.41, 5.74) is 0.743. The third kappa shape index (κ3) is 4.82. The van der Waals surface area contributed by atoms with Crippen LogP contribution in [-0.4, -0.2) is 38.7 Å². The van der Waals surface area contributed by atoms with E-state index >= 15 is 0 Å². The molecule has 2 rings (SSSR count). The van der Waals surface area contributed by atoms with Crippen LogP contribution < -0.4 is 15.5 Å². The molecule has 0 bridgehead atoms. The minimum atomic E-state index is -0.801. The van der Waals surface area contributed by atoms with E-state index in [0.717, 1.165) is 37.7 Å². The van der Waals surface area contributed by atoms with Gasteiger partial charge in [-0.15, -0.1) is 0 Å². The highest BCUT2D eigenvalue weighted by Crippen LogP contribution is 2.24. The zero-order chi connectivity index (χ0) is 17.7. The van der Waals surface area contributed by atoms with Gasteiger partial charge in [-0.05, 0) is 37.3 Å². The van der Waals surface area contributed by atoms with Crippen molar-refractivity contribution in [2.45, 2.75) is 33.2 Å². The fraction of sp³-hybridized carbons (Fsp3) is 0.611. The highest BCUT2D eigenvalue weighted by Gasteiger charge is 2.23. The molecule has 1 saturated heterocycles.